The molecule has 0 aromatic heterocycles. The zero-order chi connectivity index (χ0) is 11.2. The number of ether oxygens (including phenoxy) is 1. The summed E-state index contributed by atoms with van der Waals surface area (Å²) in [5.74, 6) is 0. The fourth-order valence-electron chi connectivity index (χ4n) is 2.70. The van der Waals surface area contributed by atoms with Crippen molar-refractivity contribution in [3.63, 3.8) is 0 Å². The fraction of sp³-hybridized carbons (Fsp3) is 1.00. The van der Waals surface area contributed by atoms with Crippen molar-refractivity contribution in [3.8, 4) is 0 Å². The molecule has 2 heterocycles. The van der Waals surface area contributed by atoms with Gasteiger partial charge in [0.2, 0.25) is 0 Å². The van der Waals surface area contributed by atoms with E-state index in [-0.39, 0.29) is 6.61 Å². The smallest absolute Gasteiger partial charge is 0.0702 e. The number of aliphatic hydroxyl groups is 1. The Balaban J connectivity index is 1.73. The van der Waals surface area contributed by atoms with E-state index >= 15 is 0 Å². The molecule has 2 aliphatic rings. The Bertz CT molecular complexity index is 171. The standard InChI is InChI=1S/C12H24N2O2/c15-7-6-14(9-11-3-1-5-13-11)10-12-4-2-8-16-12/h11-13,15H,1-10H2. The Morgan fingerprint density at radius 1 is 1.25 bits per heavy atom. The zero-order valence-corrected chi connectivity index (χ0v) is 10.0. The maximum atomic E-state index is 9.08. The van der Waals surface area contributed by atoms with Gasteiger partial charge in [0.1, 0.15) is 0 Å². The summed E-state index contributed by atoms with van der Waals surface area (Å²) in [6.07, 6.45) is 5.33. The minimum atomic E-state index is 0.249. The SMILES string of the molecule is OCCN(CC1CCCN1)CC1CCCO1. The minimum absolute atomic E-state index is 0.249. The van der Waals surface area contributed by atoms with Gasteiger partial charge in [0.05, 0.1) is 12.7 Å². The lowest BCUT2D eigenvalue weighted by atomic mass is 10.2. The van der Waals surface area contributed by atoms with Crippen LogP contribution in [0.3, 0.4) is 0 Å². The van der Waals surface area contributed by atoms with Crippen molar-refractivity contribution < 1.29 is 9.84 Å². The van der Waals surface area contributed by atoms with Crippen LogP contribution in [0.5, 0.6) is 0 Å². The lowest BCUT2D eigenvalue weighted by Gasteiger charge is -2.27. The van der Waals surface area contributed by atoms with Crippen LogP contribution in [-0.2, 0) is 4.74 Å². The molecule has 2 unspecified atom stereocenters. The first-order chi connectivity index (χ1) is 7.88. The molecule has 0 amide bonds. The lowest BCUT2D eigenvalue weighted by molar-refractivity contribution is 0.0637. The van der Waals surface area contributed by atoms with Crippen LogP contribution < -0.4 is 5.32 Å². The largest absolute Gasteiger partial charge is 0.395 e. The second-order valence-corrected chi connectivity index (χ2v) is 4.91. The minimum Gasteiger partial charge on any atom is -0.395 e. The molecule has 2 N–H and O–H groups in total. The topological polar surface area (TPSA) is 44.7 Å². The number of hydrogen-bond donors (Lipinski definition) is 2. The van der Waals surface area contributed by atoms with Crippen LogP contribution in [0.25, 0.3) is 0 Å². The third kappa shape index (κ3) is 3.70. The highest BCUT2D eigenvalue weighted by Gasteiger charge is 2.22. The molecule has 2 aliphatic heterocycles. The van der Waals surface area contributed by atoms with Crippen molar-refractivity contribution in [1.29, 1.82) is 0 Å². The molecule has 2 saturated heterocycles. The zero-order valence-electron chi connectivity index (χ0n) is 10.0. The maximum absolute atomic E-state index is 9.08. The number of nitrogens with zero attached hydrogens (tertiary/aromatic N) is 1. The summed E-state index contributed by atoms with van der Waals surface area (Å²) in [4.78, 5) is 2.35. The van der Waals surface area contributed by atoms with Crippen LogP contribution in [0.2, 0.25) is 0 Å². The molecule has 0 aromatic carbocycles. The van der Waals surface area contributed by atoms with Gasteiger partial charge in [-0.15, -0.1) is 0 Å². The fourth-order valence-corrected chi connectivity index (χ4v) is 2.70. The van der Waals surface area contributed by atoms with Gasteiger partial charge in [0.15, 0.2) is 0 Å². The van der Waals surface area contributed by atoms with E-state index in [1.54, 1.807) is 0 Å². The van der Waals surface area contributed by atoms with Crippen LogP contribution in [0, 0.1) is 0 Å². The van der Waals surface area contributed by atoms with Crippen LogP contribution in [0.4, 0.5) is 0 Å². The second kappa shape index (κ2) is 6.55. The first-order valence-electron chi connectivity index (χ1n) is 6.56. The van der Waals surface area contributed by atoms with Gasteiger partial charge in [-0.25, -0.2) is 0 Å². The van der Waals surface area contributed by atoms with Gasteiger partial charge < -0.3 is 15.2 Å². The summed E-state index contributed by atoms with van der Waals surface area (Å²) in [5, 5.41) is 12.6. The van der Waals surface area contributed by atoms with Crippen LogP contribution in [0.15, 0.2) is 0 Å². The molecule has 16 heavy (non-hydrogen) atoms. The Hall–Kier alpha value is -0.160. The third-order valence-corrected chi connectivity index (χ3v) is 3.54. The van der Waals surface area contributed by atoms with E-state index in [0.717, 1.165) is 32.8 Å². The van der Waals surface area contributed by atoms with Crippen molar-refractivity contribution in [3.05, 3.63) is 0 Å². The average Bonchev–Trinajstić information content (AvgIpc) is 2.91. The highest BCUT2D eigenvalue weighted by molar-refractivity contribution is 4.80. The monoisotopic (exact) mass is 228 g/mol. The van der Waals surface area contributed by atoms with Crippen molar-refractivity contribution in [1.82, 2.24) is 10.2 Å². The molecule has 2 fully saturated rings. The van der Waals surface area contributed by atoms with Crippen molar-refractivity contribution in [2.75, 3.05) is 39.4 Å². The summed E-state index contributed by atoms with van der Waals surface area (Å²) >= 11 is 0. The molecule has 4 nitrogen and oxygen atoms in total. The first kappa shape index (κ1) is 12.3. The molecule has 0 aromatic rings. The maximum Gasteiger partial charge on any atom is 0.0702 e. The summed E-state index contributed by atoms with van der Waals surface area (Å²) in [5.41, 5.74) is 0. The number of rotatable bonds is 6. The van der Waals surface area contributed by atoms with Crippen molar-refractivity contribution in [2.45, 2.75) is 37.8 Å². The molecule has 0 spiro atoms. The van der Waals surface area contributed by atoms with Gasteiger partial charge >= 0.3 is 0 Å². The number of aliphatic hydroxyl groups excluding tert-OH is 1. The van der Waals surface area contributed by atoms with Gasteiger partial charge in [0, 0.05) is 32.3 Å². The second-order valence-electron chi connectivity index (χ2n) is 4.91. The van der Waals surface area contributed by atoms with E-state index in [0.29, 0.717) is 12.1 Å². The molecule has 0 aliphatic carbocycles. The average molecular weight is 228 g/mol. The first-order valence-corrected chi connectivity index (χ1v) is 6.56. The normalized spacial score (nSPS) is 30.4. The molecule has 4 heteroatoms. The number of nitrogens with one attached hydrogen (secondary N) is 1. The van der Waals surface area contributed by atoms with Crippen LogP contribution >= 0.6 is 0 Å². The van der Waals surface area contributed by atoms with Gasteiger partial charge in [-0.3, -0.25) is 4.90 Å². The predicted molar refractivity (Wildman–Crippen MR) is 63.5 cm³/mol. The molecule has 0 radical (unpaired) electrons. The van der Waals surface area contributed by atoms with Gasteiger partial charge in [0.25, 0.3) is 0 Å². The van der Waals surface area contributed by atoms with Crippen molar-refractivity contribution >= 4 is 0 Å². The highest BCUT2D eigenvalue weighted by Crippen LogP contribution is 2.14. The summed E-state index contributed by atoms with van der Waals surface area (Å²) in [6.45, 7) is 5.13. The van der Waals surface area contributed by atoms with E-state index in [2.05, 4.69) is 10.2 Å². The van der Waals surface area contributed by atoms with Crippen molar-refractivity contribution in [2.24, 2.45) is 0 Å². The quantitative estimate of drug-likeness (QED) is 0.682. The summed E-state index contributed by atoms with van der Waals surface area (Å²) < 4.78 is 5.65. The summed E-state index contributed by atoms with van der Waals surface area (Å²) in [7, 11) is 0. The Morgan fingerprint density at radius 3 is 2.81 bits per heavy atom. The molecule has 0 bridgehead atoms. The van der Waals surface area contributed by atoms with E-state index in [1.165, 1.54) is 25.7 Å². The predicted octanol–water partition coefficient (Wildman–Crippen LogP) is 0.212. The Kier molecular flexibility index (Phi) is 5.03. The third-order valence-electron chi connectivity index (χ3n) is 3.54. The number of hydrogen-bond acceptors (Lipinski definition) is 4. The van der Waals surface area contributed by atoms with E-state index in [9.17, 15) is 0 Å². The van der Waals surface area contributed by atoms with Gasteiger partial charge in [-0.1, -0.05) is 0 Å². The molecule has 0 saturated carbocycles. The highest BCUT2D eigenvalue weighted by atomic mass is 16.5. The lowest BCUT2D eigenvalue weighted by Crippen LogP contribution is -2.42. The Labute approximate surface area is 98.0 Å². The summed E-state index contributed by atoms with van der Waals surface area (Å²) in [6, 6.07) is 0.618. The Morgan fingerprint density at radius 2 is 2.19 bits per heavy atom. The van der Waals surface area contributed by atoms with Crippen LogP contribution in [0.1, 0.15) is 25.7 Å². The molecular formula is C12H24N2O2. The van der Waals surface area contributed by atoms with E-state index in [1.807, 2.05) is 0 Å². The van der Waals surface area contributed by atoms with E-state index < -0.39 is 0 Å². The molecule has 94 valence electrons. The van der Waals surface area contributed by atoms with Crippen LogP contribution in [-0.4, -0.2) is 61.5 Å². The molecular weight excluding hydrogens is 204 g/mol. The molecule has 2 rings (SSSR count). The van der Waals surface area contributed by atoms with Gasteiger partial charge in [-0.2, -0.15) is 0 Å². The van der Waals surface area contributed by atoms with Gasteiger partial charge in [-0.05, 0) is 32.2 Å². The molecule has 2 atom stereocenters. The van der Waals surface area contributed by atoms with E-state index in [4.69, 9.17) is 9.84 Å².